The van der Waals surface area contributed by atoms with Gasteiger partial charge >= 0.3 is 5.97 Å². The van der Waals surface area contributed by atoms with Gasteiger partial charge in [-0.3, -0.25) is 4.79 Å². The number of carboxylic acids is 1. The Balaban J connectivity index is 1.95. The monoisotopic (exact) mass is 255 g/mol. The van der Waals surface area contributed by atoms with Crippen LogP contribution in [0.5, 0.6) is 0 Å². The maximum Gasteiger partial charge on any atom is 0.329 e. The van der Waals surface area contributed by atoms with Gasteiger partial charge < -0.3 is 15.5 Å². The maximum absolute atomic E-state index is 11.7. The van der Waals surface area contributed by atoms with E-state index in [0.717, 1.165) is 5.56 Å². The average Bonchev–Trinajstić information content (AvgIpc) is 2.67. The Morgan fingerprint density at radius 1 is 1.53 bits per heavy atom. The van der Waals surface area contributed by atoms with Gasteiger partial charge in [0.05, 0.1) is 12.5 Å². The number of hydrogen-bond acceptors (Lipinski definition) is 4. The van der Waals surface area contributed by atoms with Crippen molar-refractivity contribution >= 4 is 23.2 Å². The predicted octanol–water partition coefficient (Wildman–Crippen LogP) is 0.385. The molecule has 0 saturated heterocycles. The minimum atomic E-state index is -1.27. The van der Waals surface area contributed by atoms with Gasteiger partial charge in [0.2, 0.25) is 5.91 Å². The average molecular weight is 255 g/mol. The summed E-state index contributed by atoms with van der Waals surface area (Å²) in [6.45, 7) is 0. The molecule has 17 heavy (non-hydrogen) atoms. The number of carbonyl (C=O) groups excluding carboxylic acids is 1. The number of carboxylic acid groups (broad SMARTS) is 1. The van der Waals surface area contributed by atoms with Crippen molar-refractivity contribution in [3.05, 3.63) is 22.4 Å². The van der Waals surface area contributed by atoms with E-state index in [9.17, 15) is 14.7 Å². The molecule has 0 aromatic carbocycles. The SMILES string of the molecule is O=C(Cc1ccsc1)NC1(C(=O)O)CC(O)C1. The topological polar surface area (TPSA) is 86.6 Å². The lowest BCUT2D eigenvalue weighted by molar-refractivity contribution is -0.157. The number of aliphatic hydroxyl groups is 1. The van der Waals surface area contributed by atoms with Gasteiger partial charge in [-0.15, -0.1) is 0 Å². The smallest absolute Gasteiger partial charge is 0.329 e. The Morgan fingerprint density at radius 3 is 2.71 bits per heavy atom. The molecule has 0 unspecified atom stereocenters. The summed E-state index contributed by atoms with van der Waals surface area (Å²) in [6, 6.07) is 1.83. The van der Waals surface area contributed by atoms with Gasteiger partial charge in [0.25, 0.3) is 0 Å². The van der Waals surface area contributed by atoms with Crippen LogP contribution in [-0.2, 0) is 16.0 Å². The largest absolute Gasteiger partial charge is 0.480 e. The quantitative estimate of drug-likeness (QED) is 0.726. The number of amides is 1. The molecule has 3 N–H and O–H groups in total. The van der Waals surface area contributed by atoms with Crippen molar-refractivity contribution in [3.63, 3.8) is 0 Å². The third-order valence-corrected chi connectivity index (χ3v) is 3.63. The molecule has 1 aliphatic rings. The van der Waals surface area contributed by atoms with E-state index in [4.69, 9.17) is 5.11 Å². The van der Waals surface area contributed by atoms with Crippen LogP contribution < -0.4 is 5.32 Å². The van der Waals surface area contributed by atoms with Gasteiger partial charge in [0.1, 0.15) is 5.54 Å². The van der Waals surface area contributed by atoms with Crippen LogP contribution in [0.2, 0.25) is 0 Å². The zero-order valence-electron chi connectivity index (χ0n) is 9.05. The van der Waals surface area contributed by atoms with Crippen molar-refractivity contribution in [1.82, 2.24) is 5.32 Å². The van der Waals surface area contributed by atoms with Crippen LogP contribution in [0.3, 0.4) is 0 Å². The summed E-state index contributed by atoms with van der Waals surface area (Å²) in [7, 11) is 0. The van der Waals surface area contributed by atoms with E-state index in [2.05, 4.69) is 5.32 Å². The van der Waals surface area contributed by atoms with Crippen molar-refractivity contribution in [3.8, 4) is 0 Å². The van der Waals surface area contributed by atoms with Gasteiger partial charge in [-0.25, -0.2) is 4.79 Å². The molecule has 1 aromatic rings. The molecule has 1 aromatic heterocycles. The van der Waals surface area contributed by atoms with Crippen molar-refractivity contribution in [2.24, 2.45) is 0 Å². The molecular formula is C11H13NO4S. The first-order valence-electron chi connectivity index (χ1n) is 5.25. The van der Waals surface area contributed by atoms with Crippen molar-refractivity contribution in [1.29, 1.82) is 0 Å². The molecule has 1 heterocycles. The number of aliphatic hydroxyl groups excluding tert-OH is 1. The summed E-state index contributed by atoms with van der Waals surface area (Å²) < 4.78 is 0. The normalized spacial score (nSPS) is 27.2. The van der Waals surface area contributed by atoms with Crippen molar-refractivity contribution in [2.45, 2.75) is 30.9 Å². The highest BCUT2D eigenvalue weighted by Gasteiger charge is 2.51. The molecule has 1 saturated carbocycles. The van der Waals surface area contributed by atoms with E-state index in [1.807, 2.05) is 16.8 Å². The Bertz CT molecular complexity index is 423. The molecule has 1 amide bonds. The lowest BCUT2D eigenvalue weighted by atomic mass is 9.74. The van der Waals surface area contributed by atoms with Crippen molar-refractivity contribution < 1.29 is 19.8 Å². The Kier molecular flexibility index (Phi) is 3.17. The Labute approximate surface area is 102 Å². The van der Waals surface area contributed by atoms with Crippen LogP contribution in [0.15, 0.2) is 16.8 Å². The summed E-state index contributed by atoms with van der Waals surface area (Å²) in [5.74, 6) is -1.40. The Morgan fingerprint density at radius 2 is 2.24 bits per heavy atom. The lowest BCUT2D eigenvalue weighted by Gasteiger charge is -2.42. The van der Waals surface area contributed by atoms with E-state index in [1.54, 1.807) is 0 Å². The molecule has 2 rings (SSSR count). The minimum Gasteiger partial charge on any atom is -0.480 e. The van der Waals surface area contributed by atoms with Crippen LogP contribution in [0, 0.1) is 0 Å². The molecule has 0 aliphatic heterocycles. The van der Waals surface area contributed by atoms with Gasteiger partial charge in [0, 0.05) is 12.8 Å². The molecule has 6 heteroatoms. The molecule has 0 spiro atoms. The molecular weight excluding hydrogens is 242 g/mol. The summed E-state index contributed by atoms with van der Waals surface area (Å²) in [5.41, 5.74) is -0.403. The zero-order chi connectivity index (χ0) is 12.5. The van der Waals surface area contributed by atoms with Crippen LogP contribution in [0.25, 0.3) is 0 Å². The van der Waals surface area contributed by atoms with Crippen LogP contribution in [0.1, 0.15) is 18.4 Å². The fourth-order valence-electron chi connectivity index (χ4n) is 1.96. The van der Waals surface area contributed by atoms with Gasteiger partial charge in [-0.2, -0.15) is 11.3 Å². The summed E-state index contributed by atoms with van der Waals surface area (Å²) >= 11 is 1.49. The van der Waals surface area contributed by atoms with Gasteiger partial charge in [-0.05, 0) is 22.4 Å². The first kappa shape index (κ1) is 12.1. The first-order valence-corrected chi connectivity index (χ1v) is 6.20. The predicted molar refractivity (Wildman–Crippen MR) is 61.8 cm³/mol. The fourth-order valence-corrected chi connectivity index (χ4v) is 2.63. The third kappa shape index (κ3) is 2.48. The molecule has 0 radical (unpaired) electrons. The zero-order valence-corrected chi connectivity index (χ0v) is 9.87. The highest BCUT2D eigenvalue weighted by molar-refractivity contribution is 7.07. The molecule has 0 bridgehead atoms. The second kappa shape index (κ2) is 4.46. The highest BCUT2D eigenvalue weighted by Crippen LogP contribution is 2.32. The summed E-state index contributed by atoms with van der Waals surface area (Å²) in [4.78, 5) is 22.7. The van der Waals surface area contributed by atoms with Crippen LogP contribution >= 0.6 is 11.3 Å². The van der Waals surface area contributed by atoms with Gasteiger partial charge in [-0.1, -0.05) is 0 Å². The minimum absolute atomic E-state index is 0.0811. The Hall–Kier alpha value is -1.40. The summed E-state index contributed by atoms with van der Waals surface area (Å²) in [5, 5.41) is 24.5. The second-order valence-corrected chi connectivity index (χ2v) is 5.09. The first-order chi connectivity index (χ1) is 8.02. The van der Waals surface area contributed by atoms with E-state index in [1.165, 1.54) is 11.3 Å². The molecule has 0 atom stereocenters. The van der Waals surface area contributed by atoms with E-state index < -0.39 is 17.6 Å². The van der Waals surface area contributed by atoms with Crippen LogP contribution in [0.4, 0.5) is 0 Å². The molecule has 92 valence electrons. The third-order valence-electron chi connectivity index (χ3n) is 2.90. The number of aliphatic carboxylic acids is 1. The number of thiophene rings is 1. The number of nitrogens with one attached hydrogen (secondary N) is 1. The summed E-state index contributed by atoms with van der Waals surface area (Å²) in [6.07, 6.45) is -0.295. The molecule has 1 aliphatic carbocycles. The number of hydrogen-bond donors (Lipinski definition) is 3. The van der Waals surface area contributed by atoms with E-state index in [-0.39, 0.29) is 25.2 Å². The maximum atomic E-state index is 11.7. The van der Waals surface area contributed by atoms with E-state index in [0.29, 0.717) is 0 Å². The fraction of sp³-hybridized carbons (Fsp3) is 0.455. The standard InChI is InChI=1S/C11H13NO4S/c13-8-4-11(5-8,10(15)16)12-9(14)3-7-1-2-17-6-7/h1-2,6,8,13H,3-5H2,(H,12,14)(H,15,16). The molecule has 1 fully saturated rings. The number of rotatable bonds is 4. The highest BCUT2D eigenvalue weighted by atomic mass is 32.1. The van der Waals surface area contributed by atoms with Crippen LogP contribution in [-0.4, -0.2) is 33.7 Å². The van der Waals surface area contributed by atoms with Crippen molar-refractivity contribution in [2.75, 3.05) is 0 Å². The molecule has 5 nitrogen and oxygen atoms in total. The second-order valence-electron chi connectivity index (χ2n) is 4.31. The number of carbonyl (C=O) groups is 2. The lowest BCUT2D eigenvalue weighted by Crippen LogP contribution is -2.64. The van der Waals surface area contributed by atoms with E-state index >= 15 is 0 Å². The van der Waals surface area contributed by atoms with Gasteiger partial charge in [0.15, 0.2) is 0 Å².